The predicted octanol–water partition coefficient (Wildman–Crippen LogP) is 4.33. The third-order valence-corrected chi connectivity index (χ3v) is 5.81. The Kier molecular flexibility index (Phi) is 5.39. The minimum absolute atomic E-state index is 0.00190. The lowest BCUT2D eigenvalue weighted by molar-refractivity contribution is 0.340. The number of fused-ring (bicyclic) bond motifs is 1. The van der Waals surface area contributed by atoms with Crippen LogP contribution in [0.25, 0.3) is 22.1 Å². The van der Waals surface area contributed by atoms with Gasteiger partial charge in [-0.1, -0.05) is 30.3 Å². The lowest BCUT2D eigenvalue weighted by Crippen LogP contribution is -2.10. The van der Waals surface area contributed by atoms with Gasteiger partial charge in [-0.2, -0.15) is 8.42 Å². The molecule has 0 saturated heterocycles. The Morgan fingerprint density at radius 1 is 0.968 bits per heavy atom. The summed E-state index contributed by atoms with van der Waals surface area (Å²) in [6.07, 6.45) is 1.26. The molecule has 0 atom stereocenters. The lowest BCUT2D eigenvalue weighted by atomic mass is 10.0. The number of aromatic hydroxyl groups is 1. The molecule has 0 unspecified atom stereocenters. The standard InChI is InChI=1S/C23H18O7S/c1-2-28-16-10-8-15(9-11-16)19-14-29-21-13-17(12-20(24)22(21)23(19)25)30-31(26,27)18-6-4-3-5-7-18/h3-14,24H,2H2,1H3. The number of hydrogen-bond donors (Lipinski definition) is 1. The Labute approximate surface area is 178 Å². The minimum atomic E-state index is -4.11. The fraction of sp³-hybridized carbons (Fsp3) is 0.0870. The van der Waals surface area contributed by atoms with Crippen LogP contribution >= 0.6 is 0 Å². The summed E-state index contributed by atoms with van der Waals surface area (Å²) in [5.74, 6) is 0.0452. The van der Waals surface area contributed by atoms with Crippen molar-refractivity contribution in [1.82, 2.24) is 0 Å². The van der Waals surface area contributed by atoms with Gasteiger partial charge in [0.15, 0.2) is 0 Å². The fourth-order valence-corrected chi connectivity index (χ4v) is 4.05. The molecular formula is C23H18O7S. The van der Waals surface area contributed by atoms with Gasteiger partial charge in [0.2, 0.25) is 5.43 Å². The molecule has 0 bridgehead atoms. The minimum Gasteiger partial charge on any atom is -0.507 e. The Balaban J connectivity index is 1.73. The molecule has 0 saturated carbocycles. The molecule has 0 spiro atoms. The molecule has 1 N–H and O–H groups in total. The van der Waals surface area contributed by atoms with Crippen LogP contribution in [0.3, 0.4) is 0 Å². The van der Waals surface area contributed by atoms with Gasteiger partial charge in [-0.3, -0.25) is 4.79 Å². The Bertz CT molecular complexity index is 1390. The molecule has 0 aliphatic carbocycles. The summed E-state index contributed by atoms with van der Waals surface area (Å²) >= 11 is 0. The monoisotopic (exact) mass is 438 g/mol. The predicted molar refractivity (Wildman–Crippen MR) is 115 cm³/mol. The number of phenolic OH excluding ortho intramolecular Hbond substituents is 1. The van der Waals surface area contributed by atoms with Crippen molar-refractivity contribution in [2.24, 2.45) is 0 Å². The Morgan fingerprint density at radius 3 is 2.35 bits per heavy atom. The Morgan fingerprint density at radius 2 is 1.68 bits per heavy atom. The molecule has 0 aliphatic rings. The number of phenols is 1. The summed E-state index contributed by atoms with van der Waals surface area (Å²) in [7, 11) is -4.11. The first kappa shape index (κ1) is 20.5. The van der Waals surface area contributed by atoms with Crippen LogP contribution in [0.5, 0.6) is 17.2 Å². The summed E-state index contributed by atoms with van der Waals surface area (Å²) in [5.41, 5.74) is 0.375. The van der Waals surface area contributed by atoms with Gasteiger partial charge in [-0.05, 0) is 36.8 Å². The van der Waals surface area contributed by atoms with Crippen molar-refractivity contribution in [3.05, 3.63) is 83.2 Å². The van der Waals surface area contributed by atoms with Gasteiger partial charge < -0.3 is 18.4 Å². The van der Waals surface area contributed by atoms with Crippen LogP contribution in [0.4, 0.5) is 0 Å². The van der Waals surface area contributed by atoms with E-state index in [9.17, 15) is 18.3 Å². The second-order valence-electron chi connectivity index (χ2n) is 6.60. The maximum absolute atomic E-state index is 13.0. The van der Waals surface area contributed by atoms with E-state index >= 15 is 0 Å². The third kappa shape index (κ3) is 4.10. The molecule has 8 heteroatoms. The van der Waals surface area contributed by atoms with E-state index in [4.69, 9.17) is 13.3 Å². The van der Waals surface area contributed by atoms with E-state index in [0.717, 1.165) is 6.07 Å². The SMILES string of the molecule is CCOc1ccc(-c2coc3cc(OS(=O)(=O)c4ccccc4)cc(O)c3c2=O)cc1. The number of ether oxygens (including phenoxy) is 1. The molecule has 0 amide bonds. The van der Waals surface area contributed by atoms with E-state index in [1.807, 2.05) is 6.92 Å². The zero-order valence-electron chi connectivity index (χ0n) is 16.4. The molecular weight excluding hydrogens is 420 g/mol. The highest BCUT2D eigenvalue weighted by Gasteiger charge is 2.19. The van der Waals surface area contributed by atoms with Crippen molar-refractivity contribution in [2.75, 3.05) is 6.61 Å². The van der Waals surface area contributed by atoms with Crippen molar-refractivity contribution in [3.8, 4) is 28.4 Å². The topological polar surface area (TPSA) is 103 Å². The Hall–Kier alpha value is -3.78. The number of benzene rings is 3. The van der Waals surface area contributed by atoms with E-state index in [-0.39, 0.29) is 27.2 Å². The normalized spacial score (nSPS) is 11.4. The average Bonchev–Trinajstić information content (AvgIpc) is 2.75. The summed E-state index contributed by atoms with van der Waals surface area (Å²) in [5, 5.41) is 10.4. The van der Waals surface area contributed by atoms with Crippen LogP contribution < -0.4 is 14.3 Å². The van der Waals surface area contributed by atoms with Crippen LogP contribution in [0.2, 0.25) is 0 Å². The van der Waals surface area contributed by atoms with Crippen LogP contribution in [0.1, 0.15) is 6.92 Å². The maximum atomic E-state index is 13.0. The van der Waals surface area contributed by atoms with Gasteiger partial charge >= 0.3 is 10.1 Å². The van der Waals surface area contributed by atoms with Crippen molar-refractivity contribution in [2.45, 2.75) is 11.8 Å². The van der Waals surface area contributed by atoms with Crippen molar-refractivity contribution >= 4 is 21.1 Å². The second-order valence-corrected chi connectivity index (χ2v) is 8.15. The van der Waals surface area contributed by atoms with E-state index < -0.39 is 21.3 Å². The van der Waals surface area contributed by atoms with Gasteiger partial charge in [0.1, 0.15) is 39.4 Å². The molecule has 0 fully saturated rings. The van der Waals surface area contributed by atoms with Gasteiger partial charge in [0.05, 0.1) is 12.2 Å². The summed E-state index contributed by atoms with van der Waals surface area (Å²) in [6.45, 7) is 2.40. The van der Waals surface area contributed by atoms with Gasteiger partial charge in [-0.15, -0.1) is 0 Å². The molecule has 158 valence electrons. The van der Waals surface area contributed by atoms with Gasteiger partial charge in [0.25, 0.3) is 0 Å². The molecule has 3 aromatic carbocycles. The molecule has 0 radical (unpaired) electrons. The lowest BCUT2D eigenvalue weighted by Gasteiger charge is -2.10. The van der Waals surface area contributed by atoms with E-state index in [1.54, 1.807) is 42.5 Å². The highest BCUT2D eigenvalue weighted by Crippen LogP contribution is 2.32. The van der Waals surface area contributed by atoms with Crippen molar-refractivity contribution in [3.63, 3.8) is 0 Å². The molecule has 31 heavy (non-hydrogen) atoms. The molecule has 0 aliphatic heterocycles. The van der Waals surface area contributed by atoms with Crippen molar-refractivity contribution in [1.29, 1.82) is 0 Å². The average molecular weight is 438 g/mol. The largest absolute Gasteiger partial charge is 0.507 e. The zero-order valence-corrected chi connectivity index (χ0v) is 17.3. The molecule has 4 rings (SSSR count). The smallest absolute Gasteiger partial charge is 0.339 e. The first-order valence-electron chi connectivity index (χ1n) is 9.40. The van der Waals surface area contributed by atoms with Crippen LogP contribution in [-0.2, 0) is 10.1 Å². The van der Waals surface area contributed by atoms with Crippen LogP contribution in [-0.4, -0.2) is 20.1 Å². The highest BCUT2D eigenvalue weighted by molar-refractivity contribution is 7.87. The second kappa shape index (κ2) is 8.16. The van der Waals surface area contributed by atoms with Crippen LogP contribution in [0, 0.1) is 0 Å². The molecule has 4 aromatic rings. The number of rotatable bonds is 6. The maximum Gasteiger partial charge on any atom is 0.339 e. The van der Waals surface area contributed by atoms with Crippen molar-refractivity contribution < 1.29 is 26.9 Å². The fourth-order valence-electron chi connectivity index (χ4n) is 3.11. The highest BCUT2D eigenvalue weighted by atomic mass is 32.2. The van der Waals surface area contributed by atoms with Gasteiger partial charge in [0, 0.05) is 12.1 Å². The third-order valence-electron chi connectivity index (χ3n) is 4.54. The molecule has 1 heterocycles. The summed E-state index contributed by atoms with van der Waals surface area (Å²) in [4.78, 5) is 12.9. The zero-order chi connectivity index (χ0) is 22.0. The first-order chi connectivity index (χ1) is 14.9. The van der Waals surface area contributed by atoms with E-state index in [1.165, 1.54) is 24.5 Å². The quantitative estimate of drug-likeness (QED) is 0.447. The van der Waals surface area contributed by atoms with E-state index in [2.05, 4.69) is 0 Å². The molecule has 7 nitrogen and oxygen atoms in total. The summed E-state index contributed by atoms with van der Waals surface area (Å²) in [6, 6.07) is 16.8. The number of hydrogen-bond acceptors (Lipinski definition) is 7. The summed E-state index contributed by atoms with van der Waals surface area (Å²) < 4.78 is 40.9. The van der Waals surface area contributed by atoms with Gasteiger partial charge in [-0.25, -0.2) is 0 Å². The first-order valence-corrected chi connectivity index (χ1v) is 10.8. The molecule has 1 aromatic heterocycles. The van der Waals surface area contributed by atoms with Crippen LogP contribution in [0.15, 0.2) is 87.1 Å². The van der Waals surface area contributed by atoms with E-state index in [0.29, 0.717) is 17.9 Å².